The number of carbonyl (C=O) groups excluding carboxylic acids is 2. The first-order chi connectivity index (χ1) is 10.3. The van der Waals surface area contributed by atoms with Gasteiger partial charge in [0.1, 0.15) is 6.04 Å². The van der Waals surface area contributed by atoms with E-state index in [-0.39, 0.29) is 17.9 Å². The third-order valence-corrected chi connectivity index (χ3v) is 4.55. The average molecular weight is 292 g/mol. The van der Waals surface area contributed by atoms with Crippen molar-refractivity contribution in [3.05, 3.63) is 12.4 Å². The Morgan fingerprint density at radius 2 is 1.95 bits per heavy atom. The van der Waals surface area contributed by atoms with Crippen LogP contribution < -0.4 is 5.43 Å². The predicted octanol–water partition coefficient (Wildman–Crippen LogP) is 0.671. The van der Waals surface area contributed by atoms with Crippen molar-refractivity contribution in [1.29, 1.82) is 0 Å². The molecule has 3 aliphatic heterocycles. The molecule has 2 saturated heterocycles. The number of hydrogen-bond donors (Lipinski definition) is 1. The van der Waals surface area contributed by atoms with Crippen molar-refractivity contribution >= 4 is 11.8 Å². The zero-order valence-electron chi connectivity index (χ0n) is 12.5. The lowest BCUT2D eigenvalue weighted by Gasteiger charge is -2.32. The van der Waals surface area contributed by atoms with Crippen molar-refractivity contribution < 1.29 is 9.59 Å². The van der Waals surface area contributed by atoms with E-state index in [0.29, 0.717) is 13.0 Å². The van der Waals surface area contributed by atoms with E-state index in [2.05, 4.69) is 5.43 Å². The molecule has 2 fully saturated rings. The predicted molar refractivity (Wildman–Crippen MR) is 78.8 cm³/mol. The van der Waals surface area contributed by atoms with Crippen LogP contribution >= 0.6 is 0 Å². The molecule has 0 aliphatic carbocycles. The largest absolute Gasteiger partial charge is 0.343 e. The maximum absolute atomic E-state index is 12.3. The molecule has 0 aromatic heterocycles. The van der Waals surface area contributed by atoms with Crippen LogP contribution in [0.15, 0.2) is 12.4 Å². The second-order valence-electron chi connectivity index (χ2n) is 5.99. The molecule has 3 rings (SSSR count). The molecule has 0 bridgehead atoms. The molecule has 0 radical (unpaired) electrons. The van der Waals surface area contributed by atoms with Crippen LogP contribution in [0.2, 0.25) is 0 Å². The van der Waals surface area contributed by atoms with E-state index in [1.54, 1.807) is 11.1 Å². The number of nitrogens with zero attached hydrogens (tertiary/aromatic N) is 3. The summed E-state index contributed by atoms with van der Waals surface area (Å²) < 4.78 is 0. The van der Waals surface area contributed by atoms with Gasteiger partial charge in [0.15, 0.2) is 0 Å². The summed E-state index contributed by atoms with van der Waals surface area (Å²) in [6, 6.07) is -0.0942. The maximum atomic E-state index is 12.3. The number of fused-ring (bicyclic) bond motifs is 1. The van der Waals surface area contributed by atoms with Crippen molar-refractivity contribution in [2.45, 2.75) is 44.6 Å². The fourth-order valence-corrected chi connectivity index (χ4v) is 3.27. The Morgan fingerprint density at radius 1 is 1.19 bits per heavy atom. The summed E-state index contributed by atoms with van der Waals surface area (Å²) in [5, 5.41) is 1.87. The van der Waals surface area contributed by atoms with Crippen molar-refractivity contribution in [3.8, 4) is 0 Å². The van der Waals surface area contributed by atoms with Gasteiger partial charge in [0.05, 0.1) is 0 Å². The zero-order valence-corrected chi connectivity index (χ0v) is 12.5. The fourth-order valence-electron chi connectivity index (χ4n) is 3.27. The third-order valence-electron chi connectivity index (χ3n) is 4.55. The molecule has 1 atom stereocenters. The van der Waals surface area contributed by atoms with Crippen LogP contribution in [0, 0.1) is 0 Å². The summed E-state index contributed by atoms with van der Waals surface area (Å²) >= 11 is 0. The van der Waals surface area contributed by atoms with E-state index < -0.39 is 0 Å². The Kier molecular flexibility index (Phi) is 4.43. The van der Waals surface area contributed by atoms with Crippen LogP contribution in [0.1, 0.15) is 38.5 Å². The van der Waals surface area contributed by atoms with Gasteiger partial charge in [-0.1, -0.05) is 12.8 Å². The van der Waals surface area contributed by atoms with Crippen LogP contribution in [0.5, 0.6) is 0 Å². The monoisotopic (exact) mass is 292 g/mol. The zero-order chi connectivity index (χ0) is 14.7. The Labute approximate surface area is 125 Å². The first-order valence-electron chi connectivity index (χ1n) is 8.04. The van der Waals surface area contributed by atoms with Gasteiger partial charge in [-0.2, -0.15) is 0 Å². The van der Waals surface area contributed by atoms with Gasteiger partial charge >= 0.3 is 0 Å². The minimum absolute atomic E-state index is 0.0942. The lowest BCUT2D eigenvalue weighted by molar-refractivity contribution is -0.136. The molecule has 0 spiro atoms. The molecule has 1 N–H and O–H groups in total. The van der Waals surface area contributed by atoms with Gasteiger partial charge in [0.2, 0.25) is 5.91 Å². The lowest BCUT2D eigenvalue weighted by Crippen LogP contribution is -2.48. The van der Waals surface area contributed by atoms with Crippen molar-refractivity contribution in [1.82, 2.24) is 20.2 Å². The number of likely N-dealkylation sites (tertiary alicyclic amines) is 1. The Bertz CT molecular complexity index is 429. The van der Waals surface area contributed by atoms with Gasteiger partial charge in [-0.15, -0.1) is 0 Å². The van der Waals surface area contributed by atoms with Crippen molar-refractivity contribution in [2.24, 2.45) is 0 Å². The molecule has 0 saturated carbocycles. The third kappa shape index (κ3) is 3.20. The topological polar surface area (TPSA) is 55.9 Å². The molecular weight excluding hydrogens is 268 g/mol. The summed E-state index contributed by atoms with van der Waals surface area (Å²) in [4.78, 5) is 28.3. The Balaban J connectivity index is 1.51. The molecule has 6 nitrogen and oxygen atoms in total. The van der Waals surface area contributed by atoms with Crippen LogP contribution in [-0.4, -0.2) is 58.8 Å². The van der Waals surface area contributed by atoms with Crippen molar-refractivity contribution in [2.75, 3.05) is 26.2 Å². The number of amides is 2. The highest BCUT2D eigenvalue weighted by Crippen LogP contribution is 2.18. The number of nitrogens with one attached hydrogen (secondary N) is 1. The van der Waals surface area contributed by atoms with E-state index in [1.165, 1.54) is 12.8 Å². The van der Waals surface area contributed by atoms with E-state index in [0.717, 1.165) is 38.9 Å². The van der Waals surface area contributed by atoms with Gasteiger partial charge in [-0.25, -0.2) is 5.43 Å². The molecule has 6 heteroatoms. The highest BCUT2D eigenvalue weighted by molar-refractivity contribution is 5.85. The number of rotatable bonds is 3. The highest BCUT2D eigenvalue weighted by atomic mass is 16.2. The van der Waals surface area contributed by atoms with Gasteiger partial charge in [0.25, 0.3) is 5.91 Å². The quantitative estimate of drug-likeness (QED) is 0.831. The fraction of sp³-hybridized carbons (Fsp3) is 0.733. The van der Waals surface area contributed by atoms with Crippen LogP contribution in [0.3, 0.4) is 0 Å². The van der Waals surface area contributed by atoms with Crippen LogP contribution in [0.4, 0.5) is 0 Å². The summed E-state index contributed by atoms with van der Waals surface area (Å²) in [5.74, 6) is 0.288. The molecule has 116 valence electrons. The average Bonchev–Trinajstić information content (AvgIpc) is 2.81. The first kappa shape index (κ1) is 14.4. The summed E-state index contributed by atoms with van der Waals surface area (Å²) in [6.07, 6.45) is 9.61. The lowest BCUT2D eigenvalue weighted by atomic mass is 10.1. The van der Waals surface area contributed by atoms with Gasteiger partial charge in [-0.05, 0) is 19.3 Å². The second kappa shape index (κ2) is 6.47. The molecule has 0 aromatic rings. The molecule has 3 heterocycles. The minimum Gasteiger partial charge on any atom is -0.343 e. The summed E-state index contributed by atoms with van der Waals surface area (Å²) in [6.45, 7) is 3.09. The normalized spacial score (nSPS) is 26.0. The standard InChI is InChI=1S/C15H24N4O2/c20-14(17-8-3-1-2-4-9-17)6-10-18-11-12-19-13(15(18)21)5-7-16-19/h11-13,16H,1-10H2. The minimum atomic E-state index is -0.0942. The van der Waals surface area contributed by atoms with Gasteiger partial charge in [-0.3, -0.25) is 9.59 Å². The Hall–Kier alpha value is -1.56. The van der Waals surface area contributed by atoms with E-state index in [9.17, 15) is 9.59 Å². The number of hydrazine groups is 1. The van der Waals surface area contributed by atoms with E-state index >= 15 is 0 Å². The van der Waals surface area contributed by atoms with Crippen LogP contribution in [-0.2, 0) is 9.59 Å². The van der Waals surface area contributed by atoms with Gasteiger partial charge in [0, 0.05) is 45.0 Å². The maximum Gasteiger partial charge on any atom is 0.250 e. The molecule has 21 heavy (non-hydrogen) atoms. The molecule has 3 aliphatic rings. The summed E-state index contributed by atoms with van der Waals surface area (Å²) in [7, 11) is 0. The SMILES string of the molecule is O=C1C2CCNN2C=CN1CCC(=O)N1CCCCCC1. The number of carbonyl (C=O) groups is 2. The smallest absolute Gasteiger partial charge is 0.250 e. The second-order valence-corrected chi connectivity index (χ2v) is 5.99. The van der Waals surface area contributed by atoms with E-state index in [1.807, 2.05) is 16.1 Å². The van der Waals surface area contributed by atoms with Crippen LogP contribution in [0.25, 0.3) is 0 Å². The molecule has 1 unspecified atom stereocenters. The molecule has 0 aromatic carbocycles. The number of hydrogen-bond acceptors (Lipinski definition) is 4. The summed E-state index contributed by atoms with van der Waals surface area (Å²) in [5.41, 5.74) is 3.16. The van der Waals surface area contributed by atoms with E-state index in [4.69, 9.17) is 0 Å². The van der Waals surface area contributed by atoms with Crippen molar-refractivity contribution in [3.63, 3.8) is 0 Å². The first-order valence-corrected chi connectivity index (χ1v) is 8.04. The molecular formula is C15H24N4O2. The van der Waals surface area contributed by atoms with Gasteiger partial charge < -0.3 is 14.8 Å². The molecule has 2 amide bonds. The highest BCUT2D eigenvalue weighted by Gasteiger charge is 2.34. The Morgan fingerprint density at radius 3 is 2.71 bits per heavy atom.